The van der Waals surface area contributed by atoms with Crippen molar-refractivity contribution in [2.45, 2.75) is 31.3 Å². The van der Waals surface area contributed by atoms with Gasteiger partial charge in [-0.25, -0.2) is 4.79 Å². The van der Waals surface area contributed by atoms with Crippen LogP contribution in [-0.4, -0.2) is 43.5 Å². The highest BCUT2D eigenvalue weighted by atomic mass is 32.1. The first kappa shape index (κ1) is 18.0. The van der Waals surface area contributed by atoms with Crippen molar-refractivity contribution in [1.82, 2.24) is 15.1 Å². The van der Waals surface area contributed by atoms with Gasteiger partial charge in [0.05, 0.1) is 12.1 Å². The van der Waals surface area contributed by atoms with Crippen molar-refractivity contribution in [3.05, 3.63) is 57.8 Å². The van der Waals surface area contributed by atoms with Gasteiger partial charge in [0.15, 0.2) is 0 Å². The number of nitrogens with zero attached hydrogens (tertiary/aromatic N) is 2. The van der Waals surface area contributed by atoms with E-state index in [2.05, 4.69) is 65.4 Å². The molecule has 2 amide bonds. The van der Waals surface area contributed by atoms with Crippen molar-refractivity contribution >= 4 is 17.4 Å². The molecule has 0 saturated carbocycles. The molecule has 0 bridgehead atoms. The highest BCUT2D eigenvalue weighted by Crippen LogP contribution is 2.33. The molecule has 2 atom stereocenters. The van der Waals surface area contributed by atoms with Crippen LogP contribution >= 0.6 is 11.3 Å². The van der Waals surface area contributed by atoms with Gasteiger partial charge in [-0.05, 0) is 66.9 Å². The van der Waals surface area contributed by atoms with Crippen LogP contribution in [0.3, 0.4) is 0 Å². The second kappa shape index (κ2) is 8.02. The van der Waals surface area contributed by atoms with Crippen molar-refractivity contribution in [2.24, 2.45) is 0 Å². The van der Waals surface area contributed by atoms with E-state index in [9.17, 15) is 4.79 Å². The minimum absolute atomic E-state index is 0.00350. The lowest BCUT2D eigenvalue weighted by Crippen LogP contribution is -2.43. The maximum Gasteiger partial charge on any atom is 0.317 e. The minimum Gasteiger partial charge on any atom is -0.336 e. The average Bonchev–Trinajstić information content (AvgIpc) is 3.14. The van der Waals surface area contributed by atoms with E-state index in [1.54, 1.807) is 11.3 Å². The molecule has 0 spiro atoms. The smallest absolute Gasteiger partial charge is 0.317 e. The molecule has 1 aromatic carbocycles. The van der Waals surface area contributed by atoms with Crippen molar-refractivity contribution in [2.75, 3.05) is 27.7 Å². The molecular formula is C20H27N3OS. The fraction of sp³-hybridized carbons (Fsp3) is 0.450. The zero-order chi connectivity index (χ0) is 17.8. The second-order valence-electron chi connectivity index (χ2n) is 6.94. The number of carbonyl (C=O) groups is 1. The lowest BCUT2D eigenvalue weighted by atomic mass is 9.87. The summed E-state index contributed by atoms with van der Waals surface area (Å²) in [6, 6.07) is 11.0. The number of aryl methyl sites for hydroxylation is 1. The summed E-state index contributed by atoms with van der Waals surface area (Å²) in [7, 11) is 6.02. The van der Waals surface area contributed by atoms with Crippen LogP contribution in [0.1, 0.15) is 41.6 Å². The zero-order valence-corrected chi connectivity index (χ0v) is 16.1. The van der Waals surface area contributed by atoms with Gasteiger partial charge in [0.1, 0.15) is 0 Å². The molecule has 0 fully saturated rings. The number of thiophene rings is 1. The Hall–Kier alpha value is -1.85. The van der Waals surface area contributed by atoms with Crippen LogP contribution in [-0.2, 0) is 6.42 Å². The number of carbonyl (C=O) groups excluding carboxylic acids is 1. The molecular weight excluding hydrogens is 330 g/mol. The molecule has 25 heavy (non-hydrogen) atoms. The first-order chi connectivity index (χ1) is 12.1. The predicted molar refractivity (Wildman–Crippen MR) is 104 cm³/mol. The summed E-state index contributed by atoms with van der Waals surface area (Å²) in [5.74, 6) is 0. The van der Waals surface area contributed by atoms with E-state index in [1.807, 2.05) is 11.9 Å². The van der Waals surface area contributed by atoms with Crippen molar-refractivity contribution in [3.63, 3.8) is 0 Å². The first-order valence-corrected chi connectivity index (χ1v) is 9.79. The van der Waals surface area contributed by atoms with Crippen LogP contribution in [0.4, 0.5) is 4.79 Å². The summed E-state index contributed by atoms with van der Waals surface area (Å²) in [6.07, 6.45) is 3.28. The van der Waals surface area contributed by atoms with Gasteiger partial charge in [0.2, 0.25) is 0 Å². The molecule has 0 radical (unpaired) electrons. The number of fused-ring (bicyclic) bond motifs is 1. The molecule has 1 N–H and O–H groups in total. The third-order valence-corrected chi connectivity index (χ3v) is 5.83. The molecule has 5 heteroatoms. The first-order valence-electron chi connectivity index (χ1n) is 8.85. The molecule has 0 saturated heterocycles. The van der Waals surface area contributed by atoms with E-state index in [-0.39, 0.29) is 18.1 Å². The van der Waals surface area contributed by atoms with E-state index in [1.165, 1.54) is 16.7 Å². The number of hydrogen-bond acceptors (Lipinski definition) is 3. The number of hydrogen-bond donors (Lipinski definition) is 1. The minimum atomic E-state index is 0.00350. The monoisotopic (exact) mass is 357 g/mol. The Bertz CT molecular complexity index is 699. The Morgan fingerprint density at radius 1 is 1.28 bits per heavy atom. The summed E-state index contributed by atoms with van der Waals surface area (Å²) >= 11 is 1.69. The Balaban J connectivity index is 1.65. The lowest BCUT2D eigenvalue weighted by Gasteiger charge is -2.34. The van der Waals surface area contributed by atoms with Crippen LogP contribution in [0.5, 0.6) is 0 Å². The van der Waals surface area contributed by atoms with Crippen LogP contribution in [0, 0.1) is 0 Å². The van der Waals surface area contributed by atoms with E-state index >= 15 is 0 Å². The highest BCUT2D eigenvalue weighted by Gasteiger charge is 2.27. The molecule has 134 valence electrons. The van der Waals surface area contributed by atoms with Crippen LogP contribution in [0.15, 0.2) is 41.1 Å². The van der Waals surface area contributed by atoms with Gasteiger partial charge < -0.3 is 15.1 Å². The van der Waals surface area contributed by atoms with Gasteiger partial charge in [-0.1, -0.05) is 24.3 Å². The van der Waals surface area contributed by atoms with Crippen molar-refractivity contribution in [1.29, 1.82) is 0 Å². The molecule has 0 unspecified atom stereocenters. The number of benzene rings is 1. The van der Waals surface area contributed by atoms with Crippen molar-refractivity contribution < 1.29 is 4.79 Å². The zero-order valence-electron chi connectivity index (χ0n) is 15.2. The Morgan fingerprint density at radius 3 is 2.80 bits per heavy atom. The second-order valence-corrected chi connectivity index (χ2v) is 7.72. The average molecular weight is 358 g/mol. The van der Waals surface area contributed by atoms with Gasteiger partial charge in [0, 0.05) is 13.6 Å². The normalized spacial score (nSPS) is 17.8. The van der Waals surface area contributed by atoms with Crippen LogP contribution in [0.2, 0.25) is 0 Å². The summed E-state index contributed by atoms with van der Waals surface area (Å²) in [5, 5.41) is 7.36. The van der Waals surface area contributed by atoms with E-state index in [0.717, 1.165) is 19.3 Å². The summed E-state index contributed by atoms with van der Waals surface area (Å²) in [4.78, 5) is 16.8. The number of nitrogens with one attached hydrogen (secondary N) is 1. The maximum absolute atomic E-state index is 12.7. The molecule has 1 aliphatic carbocycles. The Kier molecular flexibility index (Phi) is 5.76. The molecule has 4 nitrogen and oxygen atoms in total. The Morgan fingerprint density at radius 2 is 2.08 bits per heavy atom. The van der Waals surface area contributed by atoms with Gasteiger partial charge >= 0.3 is 6.03 Å². The number of likely N-dealkylation sites (N-methyl/N-ethyl adjacent to an activating group) is 1. The summed E-state index contributed by atoms with van der Waals surface area (Å²) in [6.45, 7) is 0.612. The molecule has 1 aromatic heterocycles. The molecule has 2 aromatic rings. The lowest BCUT2D eigenvalue weighted by molar-refractivity contribution is 0.179. The van der Waals surface area contributed by atoms with E-state index < -0.39 is 0 Å². The highest BCUT2D eigenvalue weighted by molar-refractivity contribution is 7.07. The molecule has 0 aliphatic heterocycles. The largest absolute Gasteiger partial charge is 0.336 e. The van der Waals surface area contributed by atoms with E-state index in [4.69, 9.17) is 0 Å². The van der Waals surface area contributed by atoms with Crippen LogP contribution < -0.4 is 5.32 Å². The number of amides is 2. The quantitative estimate of drug-likeness (QED) is 0.875. The molecule has 1 aliphatic rings. The standard InChI is InChI=1S/C20H27N3OS/c1-22(2)19(16-11-12-25-14-16)13-21-20(24)23(3)18-10-6-8-15-7-4-5-9-17(15)18/h4-5,7,9,11-12,14,18-19H,6,8,10,13H2,1-3H3,(H,21,24)/t18-,19+/m0/s1. The third-order valence-electron chi connectivity index (χ3n) is 5.12. The van der Waals surface area contributed by atoms with Crippen molar-refractivity contribution in [3.8, 4) is 0 Å². The maximum atomic E-state index is 12.7. The van der Waals surface area contributed by atoms with E-state index in [0.29, 0.717) is 6.54 Å². The number of rotatable bonds is 5. The predicted octanol–water partition coefficient (Wildman–Crippen LogP) is 4.07. The van der Waals surface area contributed by atoms with Crippen LogP contribution in [0.25, 0.3) is 0 Å². The summed E-state index contributed by atoms with van der Waals surface area (Å²) < 4.78 is 0. The Labute approximate surface area is 154 Å². The van der Waals surface area contributed by atoms with Gasteiger partial charge in [-0.3, -0.25) is 0 Å². The van der Waals surface area contributed by atoms with Gasteiger partial charge in [0.25, 0.3) is 0 Å². The molecule has 3 rings (SSSR count). The van der Waals surface area contributed by atoms with Gasteiger partial charge in [-0.2, -0.15) is 11.3 Å². The van der Waals surface area contributed by atoms with Gasteiger partial charge in [-0.15, -0.1) is 0 Å². The fourth-order valence-corrected chi connectivity index (χ4v) is 4.35. The third kappa shape index (κ3) is 4.05. The topological polar surface area (TPSA) is 35.6 Å². The summed E-state index contributed by atoms with van der Waals surface area (Å²) in [5.41, 5.74) is 3.93. The SMILES string of the molecule is CN(C)[C@H](CNC(=O)N(C)[C@H]1CCCc2ccccc21)c1ccsc1. The fourth-order valence-electron chi connectivity index (χ4n) is 3.64. The molecule has 1 heterocycles. The number of urea groups is 1.